The Balaban J connectivity index is 0.553. The summed E-state index contributed by atoms with van der Waals surface area (Å²) in [5.41, 5.74) is 7.45. The minimum Gasteiger partial charge on any atom is -0.494 e. The molecule has 5 aromatic rings. The average Bonchev–Trinajstić information content (AvgIpc) is 1.80. The SMILES string of the molecule is Cc1ncsc1-c1ccc(CNC(=O)[C@@H]2C[C@@H](O)CN2C(=O)[C@@H](NC(=O)CCOCCOCCOCCOCCOCCOCC#Cc2ccc(OCCCc3sc(N4CCc5cccc(C(=O)NC6=NC7C=CC=CC7S6)c5C4)nc3C(=O)O)cc2)C(C)(C)C)cc1. The van der Waals surface area contributed by atoms with E-state index in [4.69, 9.17) is 33.2 Å². The molecule has 4 aliphatic rings. The number of aliphatic hydroxyl groups excluding tert-OH is 1. The molecule has 22 nitrogen and oxygen atoms in total. The topological polar surface area (TPSA) is 271 Å². The molecule has 93 heavy (non-hydrogen) atoms. The number of β-amino-alcohol motifs (C(OH)–C–C–N with tert-alkyl or cyclic N) is 1. The molecule has 3 aromatic carbocycles. The molecule has 1 fully saturated rings. The first-order chi connectivity index (χ1) is 45.1. The maximum atomic E-state index is 14.0. The predicted molar refractivity (Wildman–Crippen MR) is 357 cm³/mol. The quantitative estimate of drug-likeness (QED) is 0.0205. The zero-order chi connectivity index (χ0) is 65.5. The highest BCUT2D eigenvalue weighted by molar-refractivity contribution is 8.14. The minimum atomic E-state index is -1.07. The number of nitrogens with one attached hydrogen (secondary N) is 3. The Morgan fingerprint density at radius 1 is 0.828 bits per heavy atom. The summed E-state index contributed by atoms with van der Waals surface area (Å²) < 4.78 is 39.5. The van der Waals surface area contributed by atoms with Crippen molar-refractivity contribution >= 4 is 74.3 Å². The van der Waals surface area contributed by atoms with Gasteiger partial charge >= 0.3 is 5.97 Å². The van der Waals surface area contributed by atoms with Crippen molar-refractivity contribution in [3.8, 4) is 28.0 Å². The first-order valence-electron chi connectivity index (χ1n) is 31.3. The maximum absolute atomic E-state index is 14.0. The molecule has 0 spiro atoms. The van der Waals surface area contributed by atoms with Crippen LogP contribution in [0, 0.1) is 24.2 Å². The van der Waals surface area contributed by atoms with E-state index < -0.39 is 35.5 Å². The number of benzene rings is 3. The van der Waals surface area contributed by atoms with Crippen LogP contribution in [0.15, 0.2) is 102 Å². The third kappa shape index (κ3) is 20.8. The van der Waals surface area contributed by atoms with Crippen molar-refractivity contribution in [2.45, 2.75) is 102 Å². The summed E-state index contributed by atoms with van der Waals surface area (Å²) >= 11 is 4.49. The fourth-order valence-corrected chi connectivity index (χ4v) is 13.7. The van der Waals surface area contributed by atoms with E-state index in [2.05, 4.69) is 53.7 Å². The number of rotatable bonds is 33. The van der Waals surface area contributed by atoms with Gasteiger partial charge in [0.15, 0.2) is 16.0 Å². The van der Waals surface area contributed by atoms with Gasteiger partial charge in [0.25, 0.3) is 5.91 Å². The van der Waals surface area contributed by atoms with Crippen LogP contribution in [-0.4, -0.2) is 188 Å². The summed E-state index contributed by atoms with van der Waals surface area (Å²) in [7, 11) is 0. The van der Waals surface area contributed by atoms with Crippen molar-refractivity contribution in [1.82, 2.24) is 30.8 Å². The van der Waals surface area contributed by atoms with Gasteiger partial charge in [-0.1, -0.05) is 105 Å². The number of anilines is 1. The Morgan fingerprint density at radius 3 is 2.18 bits per heavy atom. The van der Waals surface area contributed by atoms with Crippen LogP contribution in [0.3, 0.4) is 0 Å². The highest BCUT2D eigenvalue weighted by atomic mass is 32.2. The van der Waals surface area contributed by atoms with Crippen molar-refractivity contribution in [1.29, 1.82) is 0 Å². The van der Waals surface area contributed by atoms with Crippen LogP contribution < -0.4 is 25.6 Å². The highest BCUT2D eigenvalue weighted by Crippen LogP contribution is 2.35. The number of aromatic nitrogens is 2. The first-order valence-corrected chi connectivity index (χ1v) is 33.9. The zero-order valence-corrected chi connectivity index (χ0v) is 55.4. The largest absolute Gasteiger partial charge is 0.494 e. The molecule has 0 radical (unpaired) electrons. The molecule has 1 aliphatic carbocycles. The molecule has 2 unspecified atom stereocenters. The molecule has 5 N–H and O–H groups in total. The first kappa shape index (κ1) is 70.0. The van der Waals surface area contributed by atoms with E-state index in [1.807, 2.05) is 118 Å². The van der Waals surface area contributed by atoms with Gasteiger partial charge in [0.1, 0.15) is 24.4 Å². The minimum absolute atomic E-state index is 0.0123. The van der Waals surface area contributed by atoms with Gasteiger partial charge in [-0.3, -0.25) is 24.2 Å². The van der Waals surface area contributed by atoms with Crippen molar-refractivity contribution in [3.63, 3.8) is 0 Å². The number of carboxylic acids is 1. The Morgan fingerprint density at radius 2 is 1.52 bits per heavy atom. The maximum Gasteiger partial charge on any atom is 0.355 e. The van der Waals surface area contributed by atoms with Gasteiger partial charge in [0.05, 0.1) is 113 Å². The average molecular weight is 1330 g/mol. The van der Waals surface area contributed by atoms with E-state index in [0.717, 1.165) is 38.4 Å². The van der Waals surface area contributed by atoms with Crippen molar-refractivity contribution in [2.75, 3.05) is 104 Å². The number of amidine groups is 1. The van der Waals surface area contributed by atoms with Crippen LogP contribution in [0.2, 0.25) is 0 Å². The number of hydrogen-bond donors (Lipinski definition) is 5. The standard InChI is InChI=1S/C68H82N8O14S3/c1-45-60(91-44-70-45)49-20-16-47(17-21-49)41-69-63(80)55-40-50(77)42-76(55)64(81)61(68(2,3)4)72-58(78)25-29-85-31-33-87-35-37-89-39-38-88-36-34-86-32-30-84-27-8-10-46-18-22-51(23-19-46)90-28-9-15-57-59(65(82)83)73-67(93-57)75-26-24-48-11-7-12-52(53(48)43-75)62(79)74-66-71-54-13-5-6-14-56(54)92-66/h5-7,11-14,16-23,44,50,54-56,61,77H,9,15,24-43H2,1-4H3,(H,69,80)(H,72,78)(H,82,83)(H,71,74,79)/t50-,54?,55+,56?,61-/m1/s1. The number of aliphatic imine (C=N–C) groups is 1. The molecule has 5 heterocycles. The molecule has 2 aromatic heterocycles. The summed E-state index contributed by atoms with van der Waals surface area (Å²) in [5.74, 6) is 4.33. The molecular weight excluding hydrogens is 1250 g/mol. The van der Waals surface area contributed by atoms with E-state index >= 15 is 0 Å². The molecule has 5 atom stereocenters. The number of carboxylic acid groups (broad SMARTS) is 1. The fourth-order valence-electron chi connectivity index (χ4n) is 10.7. The number of ether oxygens (including phenoxy) is 7. The number of aromatic carboxylic acids is 1. The molecular formula is C68H82N8O14S3. The van der Waals surface area contributed by atoms with Crippen LogP contribution >= 0.6 is 34.4 Å². The number of aliphatic hydroxyl groups is 1. The van der Waals surface area contributed by atoms with Crippen LogP contribution in [0.5, 0.6) is 5.75 Å². The van der Waals surface area contributed by atoms with Crippen molar-refractivity contribution in [3.05, 3.63) is 141 Å². The summed E-state index contributed by atoms with van der Waals surface area (Å²) in [4.78, 5) is 85.1. The highest BCUT2D eigenvalue weighted by Gasteiger charge is 2.44. The van der Waals surface area contributed by atoms with Crippen molar-refractivity contribution < 1.29 is 67.3 Å². The third-order valence-electron chi connectivity index (χ3n) is 15.6. The Bertz CT molecular complexity index is 3480. The molecule has 9 rings (SSSR count). The zero-order valence-electron chi connectivity index (χ0n) is 52.9. The van der Waals surface area contributed by atoms with Gasteiger partial charge < -0.3 is 69.1 Å². The Hall–Kier alpha value is -7.35. The second-order valence-corrected chi connectivity index (χ2v) is 26.6. The summed E-state index contributed by atoms with van der Waals surface area (Å²) in [5, 5.41) is 30.9. The predicted octanol–water partition coefficient (Wildman–Crippen LogP) is 7.19. The van der Waals surface area contributed by atoms with E-state index in [1.165, 1.54) is 16.2 Å². The molecule has 3 aliphatic heterocycles. The lowest BCUT2D eigenvalue weighted by atomic mass is 9.85. The number of nitrogens with zero attached hydrogens (tertiary/aromatic N) is 5. The van der Waals surface area contributed by atoms with Crippen LogP contribution in [-0.2, 0) is 68.7 Å². The molecule has 1 saturated heterocycles. The monoisotopic (exact) mass is 1330 g/mol. The number of carbonyl (C=O) groups excluding carboxylic acids is 4. The second kappa shape index (κ2) is 35.2. The van der Waals surface area contributed by atoms with Gasteiger partial charge in [-0.25, -0.2) is 14.8 Å². The Labute approximate surface area is 554 Å². The van der Waals surface area contributed by atoms with Crippen LogP contribution in [0.1, 0.15) is 93.7 Å². The summed E-state index contributed by atoms with van der Waals surface area (Å²) in [6.07, 6.45) is 9.12. The number of carbonyl (C=O) groups is 5. The normalized spacial score (nSPS) is 17.7. The number of thiazole rings is 2. The number of allylic oxidation sites excluding steroid dienone is 2. The number of likely N-dealkylation sites (tertiary alicyclic amines) is 1. The molecule has 25 heteroatoms. The molecule has 0 bridgehead atoms. The summed E-state index contributed by atoms with van der Waals surface area (Å²) in [6.45, 7) is 13.3. The van der Waals surface area contributed by atoms with Gasteiger partial charge in [-0.15, -0.1) is 22.7 Å². The molecule has 496 valence electrons. The number of aryl methyl sites for hydroxylation is 2. The fraction of sp³-hybridized carbons (Fsp3) is 0.471. The molecule has 4 amide bonds. The van der Waals surface area contributed by atoms with Crippen LogP contribution in [0.4, 0.5) is 5.13 Å². The van der Waals surface area contributed by atoms with E-state index in [0.29, 0.717) is 125 Å². The Kier molecular flexibility index (Phi) is 26.5. The lowest BCUT2D eigenvalue weighted by molar-refractivity contribution is -0.144. The van der Waals surface area contributed by atoms with E-state index in [-0.39, 0.29) is 80.5 Å². The number of thioether (sulfide) groups is 1. The number of fused-ring (bicyclic) bond motifs is 2. The van der Waals surface area contributed by atoms with Crippen LogP contribution in [0.25, 0.3) is 10.4 Å². The lowest BCUT2D eigenvalue weighted by Crippen LogP contribution is -2.57. The lowest BCUT2D eigenvalue weighted by Gasteiger charge is -2.35. The van der Waals surface area contributed by atoms with Crippen molar-refractivity contribution in [2.24, 2.45) is 10.4 Å². The smallest absolute Gasteiger partial charge is 0.355 e. The van der Waals surface area contributed by atoms with Gasteiger partial charge in [0.2, 0.25) is 17.7 Å². The number of hydrogen-bond acceptors (Lipinski definition) is 20. The third-order valence-corrected chi connectivity index (χ3v) is 18.9. The van der Waals surface area contributed by atoms with Gasteiger partial charge in [-0.2, -0.15) is 0 Å². The van der Waals surface area contributed by atoms with Gasteiger partial charge in [-0.05, 0) is 84.2 Å². The van der Waals surface area contributed by atoms with E-state index in [9.17, 15) is 34.2 Å². The summed E-state index contributed by atoms with van der Waals surface area (Å²) in [6, 6.07) is 19.3. The molecule has 0 saturated carbocycles. The number of amides is 4. The van der Waals surface area contributed by atoms with E-state index in [1.54, 1.807) is 23.1 Å². The second-order valence-electron chi connectivity index (χ2n) is 23.5. The van der Waals surface area contributed by atoms with Gasteiger partial charge in [0, 0.05) is 55.0 Å².